The van der Waals surface area contributed by atoms with Crippen molar-refractivity contribution in [2.45, 2.75) is 19.4 Å². The fraction of sp³-hybridized carbons (Fsp3) is 0.462. The summed E-state index contributed by atoms with van der Waals surface area (Å²) in [6, 6.07) is 6.90. The van der Waals surface area contributed by atoms with Crippen molar-refractivity contribution in [2.75, 3.05) is 18.1 Å². The summed E-state index contributed by atoms with van der Waals surface area (Å²) >= 11 is 0. The van der Waals surface area contributed by atoms with Gasteiger partial charge in [0.05, 0.1) is 29.7 Å². The molecule has 0 bridgehead atoms. The number of rotatable bonds is 4. The van der Waals surface area contributed by atoms with Crippen molar-refractivity contribution >= 4 is 9.84 Å². The predicted molar refractivity (Wildman–Crippen MR) is 70.0 cm³/mol. The number of hydrogen-bond acceptors (Lipinski definition) is 5. The van der Waals surface area contributed by atoms with Gasteiger partial charge in [-0.15, -0.1) is 0 Å². The van der Waals surface area contributed by atoms with Crippen LogP contribution in [0.4, 0.5) is 0 Å². The van der Waals surface area contributed by atoms with Crippen LogP contribution in [0.3, 0.4) is 0 Å². The molecule has 5 nitrogen and oxygen atoms in total. The number of nitriles is 1. The molecule has 0 radical (unpaired) electrons. The summed E-state index contributed by atoms with van der Waals surface area (Å²) in [5.74, 6) is 1.17. The van der Waals surface area contributed by atoms with Crippen LogP contribution in [0.5, 0.6) is 11.5 Å². The molecule has 1 aromatic rings. The third-order valence-corrected chi connectivity index (χ3v) is 4.59. The molecule has 1 aromatic carbocycles. The van der Waals surface area contributed by atoms with E-state index in [0.29, 0.717) is 30.1 Å². The number of benzene rings is 1. The Morgan fingerprint density at radius 1 is 1.42 bits per heavy atom. The Bertz CT molecular complexity index is 604. The second-order valence-corrected chi connectivity index (χ2v) is 6.58. The van der Waals surface area contributed by atoms with E-state index >= 15 is 0 Å². The van der Waals surface area contributed by atoms with E-state index in [0.717, 1.165) is 0 Å². The lowest BCUT2D eigenvalue weighted by molar-refractivity contribution is 0.213. The predicted octanol–water partition coefficient (Wildman–Crippen LogP) is 1.52. The van der Waals surface area contributed by atoms with E-state index in [1.165, 1.54) is 0 Å². The zero-order valence-corrected chi connectivity index (χ0v) is 11.4. The van der Waals surface area contributed by atoms with Gasteiger partial charge < -0.3 is 9.47 Å². The molecule has 0 aliphatic carbocycles. The van der Waals surface area contributed by atoms with Crippen molar-refractivity contribution in [3.8, 4) is 17.6 Å². The van der Waals surface area contributed by atoms with Gasteiger partial charge in [-0.05, 0) is 25.5 Å². The molecule has 1 atom stereocenters. The molecular weight excluding hydrogens is 266 g/mol. The quantitative estimate of drug-likeness (QED) is 0.836. The molecule has 2 rings (SSSR count). The second kappa shape index (κ2) is 5.49. The standard InChI is InChI=1S/C13H15NO4S/c1-2-17-13-7-10(8-14)3-4-12(13)18-11-5-6-19(15,16)9-11/h3-4,7,11H,2,5-6,9H2,1H3. The summed E-state index contributed by atoms with van der Waals surface area (Å²) in [6.45, 7) is 2.29. The van der Waals surface area contributed by atoms with Crippen molar-refractivity contribution in [3.05, 3.63) is 23.8 Å². The summed E-state index contributed by atoms with van der Waals surface area (Å²) in [5, 5.41) is 8.85. The first kappa shape index (κ1) is 13.7. The van der Waals surface area contributed by atoms with Gasteiger partial charge in [-0.2, -0.15) is 5.26 Å². The lowest BCUT2D eigenvalue weighted by Crippen LogP contribution is -2.18. The minimum Gasteiger partial charge on any atom is -0.490 e. The summed E-state index contributed by atoms with van der Waals surface area (Å²) in [6.07, 6.45) is 0.158. The molecule has 0 spiro atoms. The first-order valence-electron chi connectivity index (χ1n) is 6.08. The molecule has 6 heteroatoms. The monoisotopic (exact) mass is 281 g/mol. The zero-order valence-electron chi connectivity index (χ0n) is 10.6. The number of hydrogen-bond donors (Lipinski definition) is 0. The van der Waals surface area contributed by atoms with Crippen LogP contribution in [0.15, 0.2) is 18.2 Å². The molecular formula is C13H15NO4S. The highest BCUT2D eigenvalue weighted by atomic mass is 32.2. The molecule has 1 unspecified atom stereocenters. The highest BCUT2D eigenvalue weighted by molar-refractivity contribution is 7.91. The average Bonchev–Trinajstić information content (AvgIpc) is 2.71. The Morgan fingerprint density at radius 3 is 2.79 bits per heavy atom. The lowest BCUT2D eigenvalue weighted by atomic mass is 10.2. The maximum absolute atomic E-state index is 11.4. The zero-order chi connectivity index (χ0) is 13.9. The van der Waals surface area contributed by atoms with Gasteiger partial charge in [-0.3, -0.25) is 0 Å². The van der Waals surface area contributed by atoms with Gasteiger partial charge in [0.25, 0.3) is 0 Å². The van der Waals surface area contributed by atoms with Crippen molar-refractivity contribution in [1.82, 2.24) is 0 Å². The molecule has 0 aromatic heterocycles. The number of nitrogens with zero attached hydrogens (tertiary/aromatic N) is 1. The summed E-state index contributed by atoms with van der Waals surface area (Å²) in [7, 11) is -2.97. The minimum atomic E-state index is -2.97. The van der Waals surface area contributed by atoms with Crippen molar-refractivity contribution in [2.24, 2.45) is 0 Å². The molecule has 1 fully saturated rings. The topological polar surface area (TPSA) is 76.4 Å². The molecule has 0 N–H and O–H groups in total. The van der Waals surface area contributed by atoms with E-state index in [2.05, 4.69) is 0 Å². The van der Waals surface area contributed by atoms with Crippen molar-refractivity contribution in [1.29, 1.82) is 5.26 Å². The van der Waals surface area contributed by atoms with Gasteiger partial charge in [-0.1, -0.05) is 0 Å². The van der Waals surface area contributed by atoms with Gasteiger partial charge >= 0.3 is 0 Å². The highest BCUT2D eigenvalue weighted by Gasteiger charge is 2.30. The molecule has 1 saturated heterocycles. The average molecular weight is 281 g/mol. The van der Waals surface area contributed by atoms with Gasteiger partial charge in [0.15, 0.2) is 21.3 Å². The van der Waals surface area contributed by atoms with Gasteiger partial charge in [0.1, 0.15) is 6.10 Å². The summed E-state index contributed by atoms with van der Waals surface area (Å²) in [5.41, 5.74) is 0.481. The molecule has 0 saturated carbocycles. The maximum Gasteiger partial charge on any atom is 0.162 e. The van der Waals surface area contributed by atoms with Crippen LogP contribution >= 0.6 is 0 Å². The van der Waals surface area contributed by atoms with E-state index in [-0.39, 0.29) is 17.6 Å². The Balaban J connectivity index is 2.18. The molecule has 1 heterocycles. The van der Waals surface area contributed by atoms with Gasteiger partial charge in [-0.25, -0.2) is 8.42 Å². The van der Waals surface area contributed by atoms with E-state index in [1.54, 1.807) is 18.2 Å². The molecule has 19 heavy (non-hydrogen) atoms. The summed E-state index contributed by atoms with van der Waals surface area (Å²) < 4.78 is 33.9. The SMILES string of the molecule is CCOc1cc(C#N)ccc1OC1CCS(=O)(=O)C1. The Morgan fingerprint density at radius 2 is 2.21 bits per heavy atom. The largest absolute Gasteiger partial charge is 0.490 e. The Labute approximate surface area is 112 Å². The highest BCUT2D eigenvalue weighted by Crippen LogP contribution is 2.31. The normalized spacial score (nSPS) is 20.7. The molecule has 1 aliphatic rings. The maximum atomic E-state index is 11.4. The lowest BCUT2D eigenvalue weighted by Gasteiger charge is -2.15. The number of sulfone groups is 1. The van der Waals surface area contributed by atoms with Crippen molar-refractivity contribution in [3.63, 3.8) is 0 Å². The fourth-order valence-electron chi connectivity index (χ4n) is 1.98. The third-order valence-electron chi connectivity index (χ3n) is 2.86. The van der Waals surface area contributed by atoms with Gasteiger partial charge in [0.2, 0.25) is 0 Å². The first-order valence-corrected chi connectivity index (χ1v) is 7.90. The van der Waals surface area contributed by atoms with Crippen LogP contribution < -0.4 is 9.47 Å². The van der Waals surface area contributed by atoms with Crippen LogP contribution in [0.25, 0.3) is 0 Å². The summed E-state index contributed by atoms with van der Waals surface area (Å²) in [4.78, 5) is 0. The van der Waals surface area contributed by atoms with E-state index in [9.17, 15) is 8.42 Å². The smallest absolute Gasteiger partial charge is 0.162 e. The van der Waals surface area contributed by atoms with Crippen LogP contribution in [-0.2, 0) is 9.84 Å². The van der Waals surface area contributed by atoms with E-state index < -0.39 is 9.84 Å². The Kier molecular flexibility index (Phi) is 3.96. The molecule has 102 valence electrons. The fourth-order valence-corrected chi connectivity index (χ4v) is 3.57. The van der Waals surface area contributed by atoms with Crippen LogP contribution in [0.2, 0.25) is 0 Å². The van der Waals surface area contributed by atoms with Crippen LogP contribution in [-0.4, -0.2) is 32.6 Å². The van der Waals surface area contributed by atoms with Crippen LogP contribution in [0, 0.1) is 11.3 Å². The van der Waals surface area contributed by atoms with Crippen LogP contribution in [0.1, 0.15) is 18.9 Å². The van der Waals surface area contributed by atoms with Gasteiger partial charge in [0, 0.05) is 6.07 Å². The van der Waals surface area contributed by atoms with E-state index in [1.807, 2.05) is 13.0 Å². The van der Waals surface area contributed by atoms with Crippen molar-refractivity contribution < 1.29 is 17.9 Å². The first-order chi connectivity index (χ1) is 9.04. The number of ether oxygens (including phenoxy) is 2. The molecule has 0 amide bonds. The third kappa shape index (κ3) is 3.38. The molecule has 1 aliphatic heterocycles. The minimum absolute atomic E-state index is 0.0402. The van der Waals surface area contributed by atoms with E-state index in [4.69, 9.17) is 14.7 Å². The second-order valence-electron chi connectivity index (χ2n) is 4.35. The Hall–Kier alpha value is -1.74.